The van der Waals surface area contributed by atoms with Crippen molar-refractivity contribution in [1.29, 1.82) is 0 Å². The zero-order valence-corrected chi connectivity index (χ0v) is 13.8. The topological polar surface area (TPSA) is 35.2 Å². The molecule has 1 rings (SSSR count). The van der Waals surface area contributed by atoms with Crippen LogP contribution in [-0.2, 0) is 0 Å². The van der Waals surface area contributed by atoms with Gasteiger partial charge < -0.3 is 10.2 Å². The molecule has 0 radical (unpaired) electrons. The van der Waals surface area contributed by atoms with Crippen LogP contribution in [0, 0.1) is 5.82 Å². The van der Waals surface area contributed by atoms with Crippen LogP contribution in [0.1, 0.15) is 32.4 Å². The summed E-state index contributed by atoms with van der Waals surface area (Å²) in [6, 6.07) is 1.02. The van der Waals surface area contributed by atoms with E-state index in [4.69, 9.17) is 10.2 Å². The summed E-state index contributed by atoms with van der Waals surface area (Å²) < 4.78 is 57.3. The van der Waals surface area contributed by atoms with Crippen LogP contribution in [0.4, 0.5) is 17.6 Å². The summed E-state index contributed by atoms with van der Waals surface area (Å²) in [6.45, 7) is 10.00. The van der Waals surface area contributed by atoms with Crippen LogP contribution in [-0.4, -0.2) is 14.5 Å². The number of alkyl halides is 3. The number of benzene rings is 1. The molecule has 0 bridgehead atoms. The molecular weight excluding hydrogens is 302 g/mol. The highest BCUT2D eigenvalue weighted by Crippen LogP contribution is 2.38. The molecule has 0 heterocycles. The first-order valence-corrected chi connectivity index (χ1v) is 9.47. The van der Waals surface area contributed by atoms with Gasteiger partial charge in [0.25, 0.3) is 0 Å². The smallest absolute Gasteiger partial charge is 0.407 e. The van der Waals surface area contributed by atoms with Crippen molar-refractivity contribution in [1.82, 2.24) is 0 Å². The van der Waals surface area contributed by atoms with Gasteiger partial charge >= 0.3 is 6.18 Å². The largest absolute Gasteiger partial charge is 0.543 e. The van der Waals surface area contributed by atoms with Crippen molar-refractivity contribution in [2.45, 2.75) is 51.1 Å². The first kappa shape index (κ1) is 18.0. The van der Waals surface area contributed by atoms with Gasteiger partial charge in [-0.3, -0.25) is 0 Å². The van der Waals surface area contributed by atoms with Gasteiger partial charge in [0.2, 0.25) is 8.32 Å². The second kappa shape index (κ2) is 5.60. The number of nitrogens with two attached hydrogens (primary N) is 1. The van der Waals surface area contributed by atoms with Crippen LogP contribution < -0.4 is 10.2 Å². The van der Waals surface area contributed by atoms with Crippen molar-refractivity contribution in [2.24, 2.45) is 5.73 Å². The SMILES string of the molecule is CC(C)(C)[Si](C)(C)Oc1ccc([C@@H](N)C(F)(F)F)c(F)c1. The van der Waals surface area contributed by atoms with E-state index in [0.717, 1.165) is 12.1 Å². The highest BCUT2D eigenvalue weighted by atomic mass is 28.4. The molecular formula is C14H21F4NOSi. The summed E-state index contributed by atoms with van der Waals surface area (Å²) in [5.41, 5.74) is 4.44. The van der Waals surface area contributed by atoms with E-state index in [-0.39, 0.29) is 10.8 Å². The van der Waals surface area contributed by atoms with Crippen molar-refractivity contribution in [2.75, 3.05) is 0 Å². The molecule has 21 heavy (non-hydrogen) atoms. The molecule has 0 aliphatic carbocycles. The molecule has 0 aliphatic rings. The molecule has 120 valence electrons. The maximum absolute atomic E-state index is 13.9. The van der Waals surface area contributed by atoms with Crippen LogP contribution in [0.25, 0.3) is 0 Å². The maximum atomic E-state index is 13.9. The molecule has 0 aliphatic heterocycles. The maximum Gasteiger partial charge on any atom is 0.407 e. The molecule has 0 fully saturated rings. The fraction of sp³-hybridized carbons (Fsp3) is 0.571. The van der Waals surface area contributed by atoms with E-state index in [9.17, 15) is 17.6 Å². The number of halogens is 4. The lowest BCUT2D eigenvalue weighted by atomic mass is 10.1. The van der Waals surface area contributed by atoms with Gasteiger partial charge in [-0.25, -0.2) is 4.39 Å². The van der Waals surface area contributed by atoms with Crippen LogP contribution in [0.5, 0.6) is 5.75 Å². The minimum absolute atomic E-state index is 0.0927. The molecule has 2 nitrogen and oxygen atoms in total. The summed E-state index contributed by atoms with van der Waals surface area (Å²) in [5.74, 6) is -0.770. The highest BCUT2D eigenvalue weighted by molar-refractivity contribution is 6.74. The third-order valence-corrected chi connectivity index (χ3v) is 8.20. The lowest BCUT2D eigenvalue weighted by Crippen LogP contribution is -2.43. The second-order valence-electron chi connectivity index (χ2n) is 6.56. The van der Waals surface area contributed by atoms with Crippen LogP contribution in [0.2, 0.25) is 18.1 Å². The Bertz CT molecular complexity index is 509. The van der Waals surface area contributed by atoms with Crippen LogP contribution in [0.3, 0.4) is 0 Å². The first-order chi connectivity index (χ1) is 9.25. The standard InChI is InChI=1S/C14H21F4NOSi/c1-13(2,3)21(4,5)20-9-6-7-10(11(15)8-9)12(19)14(16,17)18/h6-8,12H,19H2,1-5H3/t12-/m1/s1. The first-order valence-electron chi connectivity index (χ1n) is 6.56. The Morgan fingerprint density at radius 2 is 1.67 bits per heavy atom. The molecule has 7 heteroatoms. The molecule has 0 saturated heterocycles. The van der Waals surface area contributed by atoms with Gasteiger partial charge in [0.05, 0.1) is 0 Å². The summed E-state index contributed by atoms with van der Waals surface area (Å²) in [5, 5.41) is -0.0927. The minimum Gasteiger partial charge on any atom is -0.543 e. The molecule has 2 N–H and O–H groups in total. The third kappa shape index (κ3) is 4.20. The molecule has 0 amide bonds. The lowest BCUT2D eigenvalue weighted by Gasteiger charge is -2.36. The Morgan fingerprint density at radius 1 is 1.14 bits per heavy atom. The third-order valence-electron chi connectivity index (χ3n) is 3.84. The second-order valence-corrected chi connectivity index (χ2v) is 11.3. The Kier molecular flexibility index (Phi) is 4.80. The monoisotopic (exact) mass is 323 g/mol. The summed E-state index contributed by atoms with van der Waals surface area (Å²) in [4.78, 5) is 0. The van der Waals surface area contributed by atoms with Gasteiger partial charge in [0.1, 0.15) is 17.6 Å². The number of hydrogen-bond acceptors (Lipinski definition) is 2. The summed E-state index contributed by atoms with van der Waals surface area (Å²) >= 11 is 0. The Balaban J connectivity index is 3.04. The van der Waals surface area contributed by atoms with Gasteiger partial charge in [0.15, 0.2) is 0 Å². The van der Waals surface area contributed by atoms with Gasteiger partial charge in [-0.05, 0) is 24.2 Å². The molecule has 1 atom stereocenters. The van der Waals surface area contributed by atoms with Gasteiger partial charge in [-0.1, -0.05) is 26.8 Å². The molecule has 0 saturated carbocycles. The van der Waals surface area contributed by atoms with Crippen molar-refractivity contribution in [3.05, 3.63) is 29.6 Å². The summed E-state index contributed by atoms with van der Waals surface area (Å²) in [7, 11) is -2.17. The summed E-state index contributed by atoms with van der Waals surface area (Å²) in [6.07, 6.45) is -4.68. The van der Waals surface area contributed by atoms with E-state index in [2.05, 4.69) is 0 Å². The van der Waals surface area contributed by atoms with Crippen LogP contribution in [0.15, 0.2) is 18.2 Å². The van der Waals surface area contributed by atoms with E-state index in [1.807, 2.05) is 33.9 Å². The number of hydrogen-bond donors (Lipinski definition) is 1. The van der Waals surface area contributed by atoms with E-state index >= 15 is 0 Å². The van der Waals surface area contributed by atoms with Gasteiger partial charge in [0, 0.05) is 11.6 Å². The van der Waals surface area contributed by atoms with E-state index in [1.165, 1.54) is 6.07 Å². The Labute approximate surface area is 123 Å². The fourth-order valence-electron chi connectivity index (χ4n) is 1.45. The zero-order chi connectivity index (χ0) is 16.6. The Morgan fingerprint density at radius 3 is 2.05 bits per heavy atom. The van der Waals surface area contributed by atoms with Crippen molar-refractivity contribution in [3.8, 4) is 5.75 Å². The lowest BCUT2D eigenvalue weighted by molar-refractivity contribution is -0.149. The average Bonchev–Trinajstić information content (AvgIpc) is 2.24. The van der Waals surface area contributed by atoms with Crippen molar-refractivity contribution < 1.29 is 22.0 Å². The highest BCUT2D eigenvalue weighted by Gasteiger charge is 2.41. The van der Waals surface area contributed by atoms with Gasteiger partial charge in [-0.15, -0.1) is 0 Å². The van der Waals surface area contributed by atoms with E-state index in [1.54, 1.807) is 0 Å². The molecule has 0 spiro atoms. The van der Waals surface area contributed by atoms with Gasteiger partial charge in [-0.2, -0.15) is 13.2 Å². The fourth-order valence-corrected chi connectivity index (χ4v) is 2.47. The minimum atomic E-state index is -4.68. The average molecular weight is 323 g/mol. The van der Waals surface area contributed by atoms with E-state index < -0.39 is 31.9 Å². The van der Waals surface area contributed by atoms with Crippen molar-refractivity contribution in [3.63, 3.8) is 0 Å². The molecule has 0 unspecified atom stereocenters. The Hall–Kier alpha value is -1.08. The van der Waals surface area contributed by atoms with Crippen molar-refractivity contribution >= 4 is 8.32 Å². The zero-order valence-electron chi connectivity index (χ0n) is 12.8. The molecule has 0 aromatic heterocycles. The predicted octanol–water partition coefficient (Wildman–Crippen LogP) is 4.77. The molecule has 1 aromatic rings. The number of rotatable bonds is 3. The molecule has 1 aromatic carbocycles. The predicted molar refractivity (Wildman–Crippen MR) is 77.2 cm³/mol. The van der Waals surface area contributed by atoms with Crippen LogP contribution >= 0.6 is 0 Å². The quantitative estimate of drug-likeness (QED) is 0.642. The van der Waals surface area contributed by atoms with E-state index in [0.29, 0.717) is 0 Å². The normalized spacial score (nSPS) is 15.0.